The lowest BCUT2D eigenvalue weighted by Crippen LogP contribution is -2.08. The molecule has 5 nitrogen and oxygen atoms in total. The van der Waals surface area contributed by atoms with Crippen LogP contribution in [0.4, 0.5) is 0 Å². The van der Waals surface area contributed by atoms with E-state index in [0.29, 0.717) is 6.42 Å². The van der Waals surface area contributed by atoms with Crippen LogP contribution in [0.5, 0.6) is 0 Å². The molecule has 150 valence electrons. The van der Waals surface area contributed by atoms with Crippen LogP contribution in [0.1, 0.15) is 76.0 Å². The fourth-order valence-corrected chi connectivity index (χ4v) is 3.98. The lowest BCUT2D eigenvalue weighted by molar-refractivity contribution is 0.338. The highest BCUT2D eigenvalue weighted by Gasteiger charge is 2.11. The van der Waals surface area contributed by atoms with Gasteiger partial charge in [-0.05, 0) is 30.0 Å². The van der Waals surface area contributed by atoms with Crippen molar-refractivity contribution in [3.8, 4) is 6.07 Å². The Labute approximate surface area is 167 Å². The summed E-state index contributed by atoms with van der Waals surface area (Å²) in [4.78, 5) is 0.950. The minimum Gasteiger partial charge on any atom is -0.267 e. The Morgan fingerprint density at radius 3 is 2.33 bits per heavy atom. The average Bonchev–Trinajstić information content (AvgIpc) is 3.17. The molecule has 0 N–H and O–H groups in total. The van der Waals surface area contributed by atoms with Crippen LogP contribution in [0.3, 0.4) is 0 Å². The van der Waals surface area contributed by atoms with Crippen molar-refractivity contribution in [3.63, 3.8) is 0 Å². The summed E-state index contributed by atoms with van der Waals surface area (Å²) in [5.74, 6) is -0.0691. The molecule has 0 fully saturated rings. The van der Waals surface area contributed by atoms with Crippen LogP contribution in [0, 0.1) is 11.3 Å². The Balaban J connectivity index is 2.20. The summed E-state index contributed by atoms with van der Waals surface area (Å²) in [6, 6.07) is 5.60. The van der Waals surface area contributed by atoms with Crippen LogP contribution in [0.15, 0.2) is 28.7 Å². The van der Waals surface area contributed by atoms with Gasteiger partial charge >= 0.3 is 10.1 Å². The summed E-state index contributed by atoms with van der Waals surface area (Å²) in [5.41, 5.74) is -0.0740. The predicted octanol–water partition coefficient (Wildman–Crippen LogP) is 5.91. The third-order valence-electron chi connectivity index (χ3n) is 4.06. The third-order valence-corrected chi connectivity index (χ3v) is 5.99. The van der Waals surface area contributed by atoms with Gasteiger partial charge in [0, 0.05) is 4.88 Å². The monoisotopic (exact) mass is 410 g/mol. The highest BCUT2D eigenvalue weighted by molar-refractivity contribution is 7.86. The van der Waals surface area contributed by atoms with Crippen molar-refractivity contribution in [3.05, 3.63) is 28.5 Å². The minimum absolute atomic E-state index is 0.0691. The summed E-state index contributed by atoms with van der Waals surface area (Å²) in [5, 5.41) is 14.4. The van der Waals surface area contributed by atoms with Crippen LogP contribution < -0.4 is 0 Å². The van der Waals surface area contributed by atoms with Gasteiger partial charge < -0.3 is 0 Å². The molecule has 0 spiro atoms. The first-order chi connectivity index (χ1) is 13.1. The van der Waals surface area contributed by atoms with Gasteiger partial charge in [0.05, 0.1) is 5.75 Å². The number of rotatable bonds is 15. The van der Waals surface area contributed by atoms with Gasteiger partial charge in [0.2, 0.25) is 0 Å². The minimum atomic E-state index is -3.74. The normalized spacial score (nSPS) is 12.4. The number of nitrogens with zero attached hydrogens (tertiary/aromatic N) is 2. The molecule has 0 aliphatic carbocycles. The maximum absolute atomic E-state index is 11.9. The van der Waals surface area contributed by atoms with Crippen molar-refractivity contribution in [2.45, 2.75) is 71.1 Å². The summed E-state index contributed by atoms with van der Waals surface area (Å²) >= 11 is 1.51. The Morgan fingerprint density at radius 1 is 1.15 bits per heavy atom. The second-order valence-electron chi connectivity index (χ2n) is 6.46. The van der Waals surface area contributed by atoms with E-state index in [2.05, 4.69) is 16.4 Å². The van der Waals surface area contributed by atoms with E-state index in [4.69, 9.17) is 5.26 Å². The summed E-state index contributed by atoms with van der Waals surface area (Å²) in [6.07, 6.45) is 14.5. The van der Waals surface area contributed by atoms with E-state index >= 15 is 0 Å². The third kappa shape index (κ3) is 12.4. The van der Waals surface area contributed by atoms with E-state index < -0.39 is 10.1 Å². The maximum Gasteiger partial charge on any atom is 0.328 e. The SMILES string of the molecule is CCCCCCCCCCCCS(=O)(=O)ON=C(C#N)C=Cc1cccs1. The topological polar surface area (TPSA) is 79.5 Å². The molecule has 0 atom stereocenters. The van der Waals surface area contributed by atoms with Crippen molar-refractivity contribution >= 4 is 33.2 Å². The molecule has 0 aliphatic heterocycles. The van der Waals surface area contributed by atoms with Crippen molar-refractivity contribution in [1.82, 2.24) is 0 Å². The molecule has 1 aromatic rings. The van der Waals surface area contributed by atoms with Gasteiger partial charge in [-0.3, -0.25) is 4.28 Å². The van der Waals surface area contributed by atoms with E-state index in [-0.39, 0.29) is 11.5 Å². The first-order valence-corrected chi connectivity index (χ1v) is 12.1. The van der Waals surface area contributed by atoms with E-state index in [9.17, 15) is 8.42 Å². The zero-order valence-corrected chi connectivity index (χ0v) is 17.7. The molecule has 1 heterocycles. The largest absolute Gasteiger partial charge is 0.328 e. The number of unbranched alkanes of at least 4 members (excludes halogenated alkanes) is 9. The summed E-state index contributed by atoms with van der Waals surface area (Å²) in [7, 11) is -3.74. The smallest absolute Gasteiger partial charge is 0.267 e. The molecule has 27 heavy (non-hydrogen) atoms. The maximum atomic E-state index is 11.9. The number of thiophene rings is 1. The van der Waals surface area contributed by atoms with Crippen LogP contribution in [-0.2, 0) is 14.4 Å². The fourth-order valence-electron chi connectivity index (χ4n) is 2.54. The zero-order chi connectivity index (χ0) is 19.8. The van der Waals surface area contributed by atoms with Crippen LogP contribution >= 0.6 is 11.3 Å². The number of allylic oxidation sites excluding steroid dienone is 1. The van der Waals surface area contributed by atoms with Crippen LogP contribution in [0.2, 0.25) is 0 Å². The standard InChI is InChI=1S/C20H30N2O3S2/c1-2-3-4-5-6-7-8-9-10-11-17-27(23,24)25-22-19(18-21)14-15-20-13-12-16-26-20/h12-16H,2-11,17H2,1H3. The average molecular weight is 411 g/mol. The molecule has 0 saturated carbocycles. The quantitative estimate of drug-likeness (QED) is 0.204. The van der Waals surface area contributed by atoms with E-state index in [0.717, 1.165) is 24.1 Å². The van der Waals surface area contributed by atoms with Gasteiger partial charge in [-0.1, -0.05) is 75.9 Å². The second kappa shape index (κ2) is 14.4. The number of hydrogen-bond acceptors (Lipinski definition) is 6. The summed E-state index contributed by atoms with van der Waals surface area (Å²) < 4.78 is 28.3. The summed E-state index contributed by atoms with van der Waals surface area (Å²) in [6.45, 7) is 2.21. The predicted molar refractivity (Wildman–Crippen MR) is 113 cm³/mol. The number of oxime groups is 1. The second-order valence-corrected chi connectivity index (χ2v) is 9.11. The van der Waals surface area contributed by atoms with E-state index in [1.807, 2.05) is 23.6 Å². The molecule has 7 heteroatoms. The Kier molecular flexibility index (Phi) is 12.5. The molecule has 0 radical (unpaired) electrons. The Morgan fingerprint density at radius 2 is 1.78 bits per heavy atom. The number of hydrogen-bond donors (Lipinski definition) is 0. The molecule has 1 rings (SSSR count). The molecule has 0 unspecified atom stereocenters. The van der Waals surface area contributed by atoms with E-state index in [1.165, 1.54) is 55.9 Å². The highest BCUT2D eigenvalue weighted by Crippen LogP contribution is 2.12. The molecule has 0 amide bonds. The zero-order valence-electron chi connectivity index (χ0n) is 16.1. The molecule has 0 bridgehead atoms. The van der Waals surface area contributed by atoms with Crippen molar-refractivity contribution in [2.75, 3.05) is 5.75 Å². The van der Waals surface area contributed by atoms with Gasteiger partial charge in [-0.2, -0.15) is 13.7 Å². The lowest BCUT2D eigenvalue weighted by Gasteiger charge is -2.03. The van der Waals surface area contributed by atoms with Crippen molar-refractivity contribution in [1.29, 1.82) is 5.26 Å². The molecule has 0 aromatic carbocycles. The molecule has 0 aliphatic rings. The van der Waals surface area contributed by atoms with Gasteiger partial charge in [0.1, 0.15) is 6.07 Å². The van der Waals surface area contributed by atoms with Gasteiger partial charge in [0.15, 0.2) is 5.71 Å². The molecule has 1 aromatic heterocycles. The van der Waals surface area contributed by atoms with Crippen molar-refractivity contribution < 1.29 is 12.7 Å². The van der Waals surface area contributed by atoms with E-state index in [1.54, 1.807) is 6.08 Å². The fraction of sp³-hybridized carbons (Fsp3) is 0.600. The lowest BCUT2D eigenvalue weighted by atomic mass is 10.1. The van der Waals surface area contributed by atoms with Gasteiger partial charge in [-0.15, -0.1) is 11.3 Å². The Hall–Kier alpha value is -1.65. The van der Waals surface area contributed by atoms with Gasteiger partial charge in [-0.25, -0.2) is 0 Å². The first kappa shape index (κ1) is 23.4. The first-order valence-electron chi connectivity index (χ1n) is 9.68. The number of nitriles is 1. The van der Waals surface area contributed by atoms with Gasteiger partial charge in [0.25, 0.3) is 0 Å². The highest BCUT2D eigenvalue weighted by atomic mass is 32.2. The molecular formula is C20H30N2O3S2. The molecule has 0 saturated heterocycles. The van der Waals surface area contributed by atoms with Crippen LogP contribution in [0.25, 0.3) is 6.08 Å². The molecular weight excluding hydrogens is 380 g/mol. The van der Waals surface area contributed by atoms with Crippen molar-refractivity contribution in [2.24, 2.45) is 5.16 Å². The Bertz CT molecular complexity index is 702. The van der Waals surface area contributed by atoms with Crippen LogP contribution in [-0.4, -0.2) is 19.9 Å².